The largest absolute Gasteiger partial charge is 0.483 e. The van der Waals surface area contributed by atoms with Crippen LogP contribution in [0.15, 0.2) is 51.4 Å². The first-order valence-electron chi connectivity index (χ1n) is 6.95. The zero-order valence-electron chi connectivity index (χ0n) is 12.1. The highest BCUT2D eigenvalue weighted by Gasteiger charge is 2.21. The van der Waals surface area contributed by atoms with E-state index in [1.54, 1.807) is 0 Å². The van der Waals surface area contributed by atoms with Gasteiger partial charge in [0.1, 0.15) is 11.9 Å². The number of hydrogen-bond donors (Lipinski definition) is 1. The van der Waals surface area contributed by atoms with Crippen LogP contribution in [0.3, 0.4) is 0 Å². The van der Waals surface area contributed by atoms with Crippen LogP contribution in [0.5, 0.6) is 5.75 Å². The second-order valence-corrected chi connectivity index (χ2v) is 6.87. The maximum Gasteiger partial charge on any atom is 0.139 e. The van der Waals surface area contributed by atoms with Crippen molar-refractivity contribution in [1.29, 1.82) is 0 Å². The van der Waals surface area contributed by atoms with Gasteiger partial charge in [-0.05, 0) is 53.0 Å². The molecule has 2 unspecified atom stereocenters. The van der Waals surface area contributed by atoms with Gasteiger partial charge in [-0.3, -0.25) is 0 Å². The SMILES string of the molecule is CCC(N)C(Oc1ccc(Br)cc1Br)c1cccc(C)c1. The average Bonchev–Trinajstić information content (AvgIpc) is 2.45. The van der Waals surface area contributed by atoms with Gasteiger partial charge < -0.3 is 10.5 Å². The highest BCUT2D eigenvalue weighted by atomic mass is 79.9. The Morgan fingerprint density at radius 3 is 2.52 bits per heavy atom. The number of halogens is 2. The third-order valence-corrected chi connectivity index (χ3v) is 4.49. The minimum atomic E-state index is -0.160. The first-order chi connectivity index (χ1) is 10.0. The summed E-state index contributed by atoms with van der Waals surface area (Å²) in [6, 6.07) is 14.1. The molecule has 0 fully saturated rings. The highest BCUT2D eigenvalue weighted by molar-refractivity contribution is 9.11. The van der Waals surface area contributed by atoms with E-state index in [1.807, 2.05) is 24.3 Å². The Bertz CT molecular complexity index is 615. The van der Waals surface area contributed by atoms with Crippen molar-refractivity contribution in [2.75, 3.05) is 0 Å². The summed E-state index contributed by atoms with van der Waals surface area (Å²) in [5.74, 6) is 0.800. The molecule has 0 heterocycles. The summed E-state index contributed by atoms with van der Waals surface area (Å²) in [5.41, 5.74) is 8.60. The zero-order chi connectivity index (χ0) is 15.4. The Balaban J connectivity index is 2.33. The molecule has 2 rings (SSSR count). The molecule has 112 valence electrons. The average molecular weight is 413 g/mol. The molecule has 2 aromatic rings. The maximum absolute atomic E-state index is 6.28. The Morgan fingerprint density at radius 2 is 1.90 bits per heavy atom. The fourth-order valence-corrected chi connectivity index (χ4v) is 3.31. The highest BCUT2D eigenvalue weighted by Crippen LogP contribution is 2.33. The van der Waals surface area contributed by atoms with Crippen molar-refractivity contribution in [1.82, 2.24) is 0 Å². The van der Waals surface area contributed by atoms with Gasteiger partial charge in [-0.1, -0.05) is 52.7 Å². The number of hydrogen-bond acceptors (Lipinski definition) is 2. The number of ether oxygens (including phenoxy) is 1. The van der Waals surface area contributed by atoms with Gasteiger partial charge in [0.05, 0.1) is 4.47 Å². The summed E-state index contributed by atoms with van der Waals surface area (Å²) in [6.45, 7) is 4.15. The molecular weight excluding hydrogens is 394 g/mol. The van der Waals surface area contributed by atoms with Gasteiger partial charge in [-0.15, -0.1) is 0 Å². The number of aryl methyl sites for hydroxylation is 1. The van der Waals surface area contributed by atoms with Crippen LogP contribution in [-0.2, 0) is 0 Å². The molecule has 0 amide bonds. The lowest BCUT2D eigenvalue weighted by atomic mass is 9.99. The molecule has 0 aliphatic rings. The van der Waals surface area contributed by atoms with Gasteiger partial charge in [0.15, 0.2) is 0 Å². The van der Waals surface area contributed by atoms with E-state index >= 15 is 0 Å². The minimum Gasteiger partial charge on any atom is -0.483 e. The van der Waals surface area contributed by atoms with Gasteiger partial charge in [-0.25, -0.2) is 0 Å². The lowest BCUT2D eigenvalue weighted by Gasteiger charge is -2.25. The van der Waals surface area contributed by atoms with Crippen LogP contribution in [0.4, 0.5) is 0 Å². The summed E-state index contributed by atoms with van der Waals surface area (Å²) in [7, 11) is 0. The van der Waals surface area contributed by atoms with E-state index in [9.17, 15) is 0 Å². The fraction of sp³-hybridized carbons (Fsp3) is 0.294. The van der Waals surface area contributed by atoms with E-state index in [0.717, 1.165) is 26.7 Å². The van der Waals surface area contributed by atoms with E-state index in [-0.39, 0.29) is 12.1 Å². The third kappa shape index (κ3) is 4.31. The van der Waals surface area contributed by atoms with E-state index < -0.39 is 0 Å². The van der Waals surface area contributed by atoms with Crippen molar-refractivity contribution in [3.05, 3.63) is 62.5 Å². The van der Waals surface area contributed by atoms with E-state index in [2.05, 4.69) is 63.9 Å². The van der Waals surface area contributed by atoms with Crippen LogP contribution < -0.4 is 10.5 Å². The van der Waals surface area contributed by atoms with Gasteiger partial charge in [0, 0.05) is 10.5 Å². The van der Waals surface area contributed by atoms with Crippen LogP contribution in [-0.4, -0.2) is 6.04 Å². The van der Waals surface area contributed by atoms with Crippen LogP contribution >= 0.6 is 31.9 Å². The molecule has 4 heteroatoms. The van der Waals surface area contributed by atoms with Crippen molar-refractivity contribution in [2.24, 2.45) is 5.73 Å². The fourth-order valence-electron chi connectivity index (χ4n) is 2.17. The van der Waals surface area contributed by atoms with E-state index in [4.69, 9.17) is 10.5 Å². The molecule has 0 saturated heterocycles. The predicted molar refractivity (Wildman–Crippen MR) is 94.7 cm³/mol. The molecule has 0 spiro atoms. The normalized spacial score (nSPS) is 13.8. The molecule has 2 atom stereocenters. The first kappa shape index (κ1) is 16.5. The molecule has 0 bridgehead atoms. The first-order valence-corrected chi connectivity index (χ1v) is 8.53. The number of benzene rings is 2. The Labute approximate surface area is 143 Å². The molecular formula is C17H19Br2NO. The topological polar surface area (TPSA) is 35.2 Å². The Morgan fingerprint density at radius 1 is 1.14 bits per heavy atom. The Hall–Kier alpha value is -0.840. The van der Waals surface area contributed by atoms with Crippen LogP contribution in [0.1, 0.15) is 30.6 Å². The molecule has 0 aromatic heterocycles. The lowest BCUT2D eigenvalue weighted by molar-refractivity contribution is 0.170. The second kappa shape index (κ2) is 7.43. The van der Waals surface area contributed by atoms with Crippen LogP contribution in [0, 0.1) is 6.92 Å². The number of nitrogens with two attached hydrogens (primary N) is 1. The zero-order valence-corrected chi connectivity index (χ0v) is 15.3. The molecule has 0 aliphatic heterocycles. The van der Waals surface area contributed by atoms with Crippen LogP contribution in [0.2, 0.25) is 0 Å². The summed E-state index contributed by atoms with van der Waals surface area (Å²) >= 11 is 6.99. The van der Waals surface area contributed by atoms with Crippen molar-refractivity contribution in [3.8, 4) is 5.75 Å². The molecule has 21 heavy (non-hydrogen) atoms. The van der Waals surface area contributed by atoms with Crippen molar-refractivity contribution in [2.45, 2.75) is 32.4 Å². The van der Waals surface area contributed by atoms with Crippen molar-refractivity contribution < 1.29 is 4.74 Å². The van der Waals surface area contributed by atoms with Gasteiger partial charge in [-0.2, -0.15) is 0 Å². The molecule has 0 aliphatic carbocycles. The van der Waals surface area contributed by atoms with Gasteiger partial charge in [0.25, 0.3) is 0 Å². The van der Waals surface area contributed by atoms with E-state index in [1.165, 1.54) is 5.56 Å². The minimum absolute atomic E-state index is 0.0534. The molecule has 0 radical (unpaired) electrons. The quantitative estimate of drug-likeness (QED) is 0.715. The van der Waals surface area contributed by atoms with Gasteiger partial charge >= 0.3 is 0 Å². The van der Waals surface area contributed by atoms with Gasteiger partial charge in [0.2, 0.25) is 0 Å². The number of rotatable bonds is 5. The van der Waals surface area contributed by atoms with Crippen molar-refractivity contribution >= 4 is 31.9 Å². The molecule has 2 aromatic carbocycles. The standard InChI is InChI=1S/C17H19Br2NO/c1-3-15(20)17(12-6-4-5-11(2)9-12)21-16-8-7-13(18)10-14(16)19/h4-10,15,17H,3,20H2,1-2H3. The molecule has 2 N–H and O–H groups in total. The predicted octanol–water partition coefficient (Wildman–Crippen LogP) is 5.38. The molecule has 2 nitrogen and oxygen atoms in total. The second-order valence-electron chi connectivity index (χ2n) is 5.10. The maximum atomic E-state index is 6.28. The third-order valence-electron chi connectivity index (χ3n) is 3.38. The summed E-state index contributed by atoms with van der Waals surface area (Å²) < 4.78 is 8.12. The smallest absolute Gasteiger partial charge is 0.139 e. The summed E-state index contributed by atoms with van der Waals surface area (Å²) in [6.07, 6.45) is 0.694. The lowest BCUT2D eigenvalue weighted by Crippen LogP contribution is -2.31. The van der Waals surface area contributed by atoms with E-state index in [0.29, 0.717) is 0 Å². The van der Waals surface area contributed by atoms with Crippen molar-refractivity contribution in [3.63, 3.8) is 0 Å². The Kier molecular flexibility index (Phi) is 5.85. The molecule has 0 saturated carbocycles. The summed E-state index contributed by atoms with van der Waals surface area (Å²) in [5, 5.41) is 0. The van der Waals surface area contributed by atoms with Crippen LogP contribution in [0.25, 0.3) is 0 Å². The summed E-state index contributed by atoms with van der Waals surface area (Å²) in [4.78, 5) is 0. The monoisotopic (exact) mass is 411 g/mol.